The number of hydrogen-bond acceptors (Lipinski definition) is 3. The third-order valence-electron chi connectivity index (χ3n) is 4.66. The average molecular weight is 261 g/mol. The van der Waals surface area contributed by atoms with Gasteiger partial charge in [0.25, 0.3) is 0 Å². The van der Waals surface area contributed by atoms with Crippen LogP contribution in [-0.4, -0.2) is 28.5 Å². The molecule has 1 aromatic heterocycles. The minimum Gasteiger partial charge on any atom is -0.329 e. The molecule has 0 amide bonds. The second kappa shape index (κ2) is 6.49. The summed E-state index contributed by atoms with van der Waals surface area (Å²) in [5.41, 5.74) is 7.56. The maximum atomic E-state index is 6.11. The summed E-state index contributed by atoms with van der Waals surface area (Å²) in [5, 5.41) is 0. The third kappa shape index (κ3) is 3.54. The predicted molar refractivity (Wildman–Crippen MR) is 79.7 cm³/mol. The van der Waals surface area contributed by atoms with Crippen molar-refractivity contribution in [3.05, 3.63) is 30.1 Å². The largest absolute Gasteiger partial charge is 0.329 e. The van der Waals surface area contributed by atoms with Crippen LogP contribution in [0.5, 0.6) is 0 Å². The number of rotatable bonds is 7. The van der Waals surface area contributed by atoms with Crippen molar-refractivity contribution in [2.24, 2.45) is 11.7 Å². The van der Waals surface area contributed by atoms with Crippen LogP contribution in [0.4, 0.5) is 0 Å². The number of pyridine rings is 1. The Balaban J connectivity index is 2.04. The Hall–Kier alpha value is -0.930. The van der Waals surface area contributed by atoms with Gasteiger partial charge in [-0.1, -0.05) is 26.2 Å². The lowest BCUT2D eigenvalue weighted by Crippen LogP contribution is -2.52. The van der Waals surface area contributed by atoms with Gasteiger partial charge in [0.15, 0.2) is 0 Å². The molecule has 0 saturated heterocycles. The summed E-state index contributed by atoms with van der Waals surface area (Å²) in [7, 11) is 0. The van der Waals surface area contributed by atoms with E-state index >= 15 is 0 Å². The highest BCUT2D eigenvalue weighted by molar-refractivity contribution is 5.10. The summed E-state index contributed by atoms with van der Waals surface area (Å²) in [6, 6.07) is 4.20. The predicted octanol–water partition coefficient (Wildman–Crippen LogP) is 2.81. The van der Waals surface area contributed by atoms with Gasteiger partial charge in [0.05, 0.1) is 0 Å². The Morgan fingerprint density at radius 2 is 2.05 bits per heavy atom. The molecule has 1 aromatic rings. The minimum atomic E-state index is 0.128. The molecule has 0 aromatic carbocycles. The quantitative estimate of drug-likeness (QED) is 0.820. The zero-order chi connectivity index (χ0) is 13.7. The number of aromatic nitrogens is 1. The summed E-state index contributed by atoms with van der Waals surface area (Å²) in [6.07, 6.45) is 9.17. The third-order valence-corrected chi connectivity index (χ3v) is 4.66. The van der Waals surface area contributed by atoms with Crippen LogP contribution in [0.2, 0.25) is 0 Å². The fourth-order valence-electron chi connectivity index (χ4n) is 3.05. The molecule has 0 spiro atoms. The van der Waals surface area contributed by atoms with E-state index in [1.165, 1.54) is 31.2 Å². The zero-order valence-corrected chi connectivity index (χ0v) is 12.3. The first kappa shape index (κ1) is 14.5. The van der Waals surface area contributed by atoms with Crippen LogP contribution < -0.4 is 5.73 Å². The van der Waals surface area contributed by atoms with Gasteiger partial charge >= 0.3 is 0 Å². The fraction of sp³-hybridized carbons (Fsp3) is 0.688. The molecule has 1 heterocycles. The van der Waals surface area contributed by atoms with Gasteiger partial charge in [0, 0.05) is 31.0 Å². The number of nitrogens with zero attached hydrogens (tertiary/aromatic N) is 2. The molecule has 2 N–H and O–H groups in total. The molecule has 1 saturated carbocycles. The molecular formula is C16H27N3. The van der Waals surface area contributed by atoms with Crippen LogP contribution in [0.1, 0.15) is 45.1 Å². The molecule has 1 atom stereocenters. The second-order valence-electron chi connectivity index (χ2n) is 6.07. The maximum Gasteiger partial charge on any atom is 0.0309 e. The van der Waals surface area contributed by atoms with Crippen molar-refractivity contribution in [3.8, 4) is 0 Å². The van der Waals surface area contributed by atoms with E-state index in [1.807, 2.05) is 12.4 Å². The summed E-state index contributed by atoms with van der Waals surface area (Å²) in [4.78, 5) is 6.62. The van der Waals surface area contributed by atoms with Crippen LogP contribution in [0, 0.1) is 5.92 Å². The van der Waals surface area contributed by atoms with Crippen molar-refractivity contribution < 1.29 is 0 Å². The smallest absolute Gasteiger partial charge is 0.0309 e. The lowest BCUT2D eigenvalue weighted by atomic mass is 9.76. The molecule has 1 aliphatic rings. The van der Waals surface area contributed by atoms with Crippen molar-refractivity contribution in [3.63, 3.8) is 0 Å². The van der Waals surface area contributed by atoms with Crippen molar-refractivity contribution in [1.29, 1.82) is 0 Å². The van der Waals surface area contributed by atoms with E-state index in [4.69, 9.17) is 5.73 Å². The summed E-state index contributed by atoms with van der Waals surface area (Å²) in [6.45, 7) is 7.32. The van der Waals surface area contributed by atoms with Crippen LogP contribution in [0.3, 0.4) is 0 Å². The normalized spacial score (nSPS) is 19.2. The Labute approximate surface area is 117 Å². The van der Waals surface area contributed by atoms with Gasteiger partial charge in [0.1, 0.15) is 0 Å². The van der Waals surface area contributed by atoms with Gasteiger partial charge in [-0.2, -0.15) is 0 Å². The average Bonchev–Trinajstić information content (AvgIpc) is 2.41. The second-order valence-corrected chi connectivity index (χ2v) is 6.07. The van der Waals surface area contributed by atoms with E-state index in [0.717, 1.165) is 25.6 Å². The monoisotopic (exact) mass is 261 g/mol. The molecule has 0 radical (unpaired) electrons. The lowest BCUT2D eigenvalue weighted by Gasteiger charge is -2.44. The van der Waals surface area contributed by atoms with Crippen LogP contribution in [0.25, 0.3) is 0 Å². The van der Waals surface area contributed by atoms with Crippen molar-refractivity contribution in [2.75, 3.05) is 13.1 Å². The van der Waals surface area contributed by atoms with E-state index in [-0.39, 0.29) is 5.54 Å². The van der Waals surface area contributed by atoms with Gasteiger partial charge in [-0.3, -0.25) is 9.88 Å². The van der Waals surface area contributed by atoms with Crippen molar-refractivity contribution in [2.45, 2.75) is 51.6 Å². The van der Waals surface area contributed by atoms with E-state index in [0.29, 0.717) is 0 Å². The highest BCUT2D eigenvalue weighted by Crippen LogP contribution is 2.36. The molecule has 1 unspecified atom stereocenters. The summed E-state index contributed by atoms with van der Waals surface area (Å²) >= 11 is 0. The summed E-state index contributed by atoms with van der Waals surface area (Å²) in [5.74, 6) is 0.889. The first-order valence-electron chi connectivity index (χ1n) is 7.52. The topological polar surface area (TPSA) is 42.2 Å². The maximum absolute atomic E-state index is 6.11. The first-order chi connectivity index (χ1) is 9.18. The highest BCUT2D eigenvalue weighted by atomic mass is 15.2. The molecule has 106 valence electrons. The Bertz CT molecular complexity index is 375. The van der Waals surface area contributed by atoms with E-state index in [2.05, 4.69) is 35.9 Å². The van der Waals surface area contributed by atoms with Crippen LogP contribution >= 0.6 is 0 Å². The zero-order valence-electron chi connectivity index (χ0n) is 12.3. The Morgan fingerprint density at radius 3 is 2.53 bits per heavy atom. The number of likely N-dealkylation sites (N-methyl/N-ethyl adjacent to an activating group) is 1. The highest BCUT2D eigenvalue weighted by Gasteiger charge is 2.34. The molecule has 1 fully saturated rings. The van der Waals surface area contributed by atoms with Gasteiger partial charge in [-0.25, -0.2) is 0 Å². The molecule has 0 bridgehead atoms. The van der Waals surface area contributed by atoms with Gasteiger partial charge < -0.3 is 5.73 Å². The molecular weight excluding hydrogens is 234 g/mol. The fourth-order valence-corrected chi connectivity index (χ4v) is 3.05. The molecule has 3 heteroatoms. The SMILES string of the molecule is CCN(Cc1ccncc1)C(C)(CN)CC1CCC1. The number of nitrogens with two attached hydrogens (primary N) is 1. The molecule has 19 heavy (non-hydrogen) atoms. The lowest BCUT2D eigenvalue weighted by molar-refractivity contribution is 0.0657. The molecule has 0 aliphatic heterocycles. The Morgan fingerprint density at radius 1 is 1.37 bits per heavy atom. The van der Waals surface area contributed by atoms with Gasteiger partial charge in [-0.05, 0) is 43.5 Å². The van der Waals surface area contributed by atoms with E-state index in [1.54, 1.807) is 0 Å². The number of hydrogen-bond donors (Lipinski definition) is 1. The molecule has 1 aliphatic carbocycles. The van der Waals surface area contributed by atoms with Crippen molar-refractivity contribution >= 4 is 0 Å². The first-order valence-corrected chi connectivity index (χ1v) is 7.52. The molecule has 3 nitrogen and oxygen atoms in total. The summed E-state index contributed by atoms with van der Waals surface area (Å²) < 4.78 is 0. The Kier molecular flexibility index (Phi) is 4.94. The van der Waals surface area contributed by atoms with Crippen molar-refractivity contribution in [1.82, 2.24) is 9.88 Å². The molecule has 2 rings (SSSR count). The van der Waals surface area contributed by atoms with Crippen LogP contribution in [0.15, 0.2) is 24.5 Å². The van der Waals surface area contributed by atoms with Gasteiger partial charge in [-0.15, -0.1) is 0 Å². The van der Waals surface area contributed by atoms with Gasteiger partial charge in [0.2, 0.25) is 0 Å². The van der Waals surface area contributed by atoms with E-state index in [9.17, 15) is 0 Å². The standard InChI is InChI=1S/C16H27N3/c1-3-19(12-15-7-9-18-10-8-15)16(2,13-17)11-14-5-4-6-14/h7-10,14H,3-6,11-13,17H2,1-2H3. The van der Waals surface area contributed by atoms with E-state index < -0.39 is 0 Å². The minimum absolute atomic E-state index is 0.128. The van der Waals surface area contributed by atoms with Crippen LogP contribution in [-0.2, 0) is 6.54 Å².